The highest BCUT2D eigenvalue weighted by Crippen LogP contribution is 2.23. The highest BCUT2D eigenvalue weighted by Gasteiger charge is 2.28. The van der Waals surface area contributed by atoms with E-state index in [2.05, 4.69) is 11.7 Å². The minimum absolute atomic E-state index is 0.0310. The van der Waals surface area contributed by atoms with E-state index in [1.807, 2.05) is 11.8 Å². The molecular formula is C11H21NO4S2. The second kappa shape index (κ2) is 7.35. The van der Waals surface area contributed by atoms with Crippen LogP contribution in [0.25, 0.3) is 0 Å². The molecule has 0 saturated carbocycles. The van der Waals surface area contributed by atoms with Gasteiger partial charge in [-0.25, -0.2) is 8.42 Å². The molecule has 0 N–H and O–H groups in total. The van der Waals surface area contributed by atoms with Gasteiger partial charge in [0.15, 0.2) is 0 Å². The molecule has 0 aromatic heterocycles. The SMILES string of the molecule is CCC1CN(S(=O)(=O)CCCC(=O)OC)CCS1. The summed E-state index contributed by atoms with van der Waals surface area (Å²) in [4.78, 5) is 10.9. The molecule has 0 aromatic carbocycles. The van der Waals surface area contributed by atoms with Crippen molar-refractivity contribution in [1.82, 2.24) is 4.31 Å². The van der Waals surface area contributed by atoms with Crippen LogP contribution in [0.3, 0.4) is 0 Å². The number of sulfonamides is 1. The Labute approximate surface area is 113 Å². The van der Waals surface area contributed by atoms with E-state index in [-0.39, 0.29) is 18.1 Å². The number of thioether (sulfide) groups is 1. The van der Waals surface area contributed by atoms with Crippen LogP contribution in [-0.4, -0.2) is 55.6 Å². The Morgan fingerprint density at radius 2 is 2.22 bits per heavy atom. The molecule has 0 radical (unpaired) electrons. The molecule has 0 amide bonds. The van der Waals surface area contributed by atoms with Crippen molar-refractivity contribution in [2.75, 3.05) is 31.7 Å². The Hall–Kier alpha value is -0.270. The zero-order chi connectivity index (χ0) is 13.6. The number of rotatable bonds is 6. The maximum Gasteiger partial charge on any atom is 0.305 e. The second-order valence-corrected chi connectivity index (χ2v) is 7.75. The van der Waals surface area contributed by atoms with E-state index in [4.69, 9.17) is 0 Å². The standard InChI is InChI=1S/C11H21NO4S2/c1-3-10-9-12(6-7-17-10)18(14,15)8-4-5-11(13)16-2/h10H,3-9H2,1-2H3. The van der Waals surface area contributed by atoms with Gasteiger partial charge in [-0.2, -0.15) is 16.1 Å². The number of carbonyl (C=O) groups excluding carboxylic acids is 1. The molecule has 1 saturated heterocycles. The van der Waals surface area contributed by atoms with E-state index in [0.29, 0.717) is 24.8 Å². The maximum absolute atomic E-state index is 12.1. The van der Waals surface area contributed by atoms with Gasteiger partial charge in [-0.15, -0.1) is 0 Å². The van der Waals surface area contributed by atoms with Crippen LogP contribution in [0, 0.1) is 0 Å². The topological polar surface area (TPSA) is 63.7 Å². The smallest absolute Gasteiger partial charge is 0.305 e. The third-order valence-corrected chi connectivity index (χ3v) is 6.26. The third-order valence-electron chi connectivity index (χ3n) is 2.96. The molecule has 5 nitrogen and oxygen atoms in total. The van der Waals surface area contributed by atoms with Gasteiger partial charge in [0.05, 0.1) is 12.9 Å². The van der Waals surface area contributed by atoms with Crippen LogP contribution < -0.4 is 0 Å². The zero-order valence-electron chi connectivity index (χ0n) is 10.9. The molecule has 1 rings (SSSR count). The van der Waals surface area contributed by atoms with Crippen molar-refractivity contribution in [3.8, 4) is 0 Å². The van der Waals surface area contributed by atoms with E-state index in [1.54, 1.807) is 4.31 Å². The van der Waals surface area contributed by atoms with Crippen LogP contribution in [0.2, 0.25) is 0 Å². The molecular weight excluding hydrogens is 274 g/mol. The van der Waals surface area contributed by atoms with Crippen LogP contribution >= 0.6 is 11.8 Å². The largest absolute Gasteiger partial charge is 0.469 e. The maximum atomic E-state index is 12.1. The van der Waals surface area contributed by atoms with Crippen molar-refractivity contribution in [2.24, 2.45) is 0 Å². The Bertz CT molecular complexity index is 369. The van der Waals surface area contributed by atoms with E-state index < -0.39 is 10.0 Å². The number of hydrogen-bond donors (Lipinski definition) is 0. The first-order chi connectivity index (χ1) is 8.49. The first kappa shape index (κ1) is 15.8. The van der Waals surface area contributed by atoms with Gasteiger partial charge in [-0.3, -0.25) is 4.79 Å². The number of ether oxygens (including phenoxy) is 1. The van der Waals surface area contributed by atoms with Crippen LogP contribution in [0.4, 0.5) is 0 Å². The lowest BCUT2D eigenvalue weighted by molar-refractivity contribution is -0.140. The van der Waals surface area contributed by atoms with E-state index >= 15 is 0 Å². The summed E-state index contributed by atoms with van der Waals surface area (Å²) in [7, 11) is -1.91. The van der Waals surface area contributed by atoms with Crippen molar-refractivity contribution in [1.29, 1.82) is 0 Å². The van der Waals surface area contributed by atoms with Crippen molar-refractivity contribution in [3.63, 3.8) is 0 Å². The van der Waals surface area contributed by atoms with Crippen molar-refractivity contribution in [2.45, 2.75) is 31.4 Å². The molecule has 0 spiro atoms. The number of nitrogens with zero attached hydrogens (tertiary/aromatic N) is 1. The number of hydrogen-bond acceptors (Lipinski definition) is 5. The average Bonchev–Trinajstić information content (AvgIpc) is 2.38. The number of carbonyl (C=O) groups is 1. The second-order valence-electron chi connectivity index (χ2n) is 4.25. The molecule has 7 heteroatoms. The Balaban J connectivity index is 2.45. The highest BCUT2D eigenvalue weighted by molar-refractivity contribution is 8.00. The van der Waals surface area contributed by atoms with Crippen molar-refractivity contribution < 1.29 is 17.9 Å². The predicted octanol–water partition coefficient (Wildman–Crippen LogP) is 1.10. The van der Waals surface area contributed by atoms with Gasteiger partial charge in [0.25, 0.3) is 0 Å². The van der Waals surface area contributed by atoms with Crippen LogP contribution in [0.15, 0.2) is 0 Å². The summed E-state index contributed by atoms with van der Waals surface area (Å²) < 4.78 is 30.2. The summed E-state index contributed by atoms with van der Waals surface area (Å²) in [5.41, 5.74) is 0. The van der Waals surface area contributed by atoms with Gasteiger partial charge in [0, 0.05) is 30.5 Å². The van der Waals surface area contributed by atoms with Crippen LogP contribution in [-0.2, 0) is 19.6 Å². The Morgan fingerprint density at radius 3 is 2.83 bits per heavy atom. The summed E-state index contributed by atoms with van der Waals surface area (Å²) in [6.07, 6.45) is 1.48. The molecule has 1 fully saturated rings. The van der Waals surface area contributed by atoms with E-state index in [1.165, 1.54) is 7.11 Å². The molecule has 106 valence electrons. The molecule has 0 aromatic rings. The average molecular weight is 295 g/mol. The number of esters is 1. The quantitative estimate of drug-likeness (QED) is 0.687. The molecule has 1 heterocycles. The Morgan fingerprint density at radius 1 is 1.50 bits per heavy atom. The lowest BCUT2D eigenvalue weighted by Gasteiger charge is -2.31. The monoisotopic (exact) mass is 295 g/mol. The number of methoxy groups -OCH3 is 1. The molecule has 1 unspecified atom stereocenters. The van der Waals surface area contributed by atoms with Gasteiger partial charge in [-0.05, 0) is 12.8 Å². The van der Waals surface area contributed by atoms with Gasteiger partial charge in [0.2, 0.25) is 10.0 Å². The minimum atomic E-state index is -3.22. The first-order valence-corrected chi connectivity index (χ1v) is 8.81. The summed E-state index contributed by atoms with van der Waals surface area (Å²) in [5.74, 6) is 0.531. The minimum Gasteiger partial charge on any atom is -0.469 e. The Kier molecular flexibility index (Phi) is 6.45. The fourth-order valence-corrected chi connectivity index (χ4v) is 4.76. The summed E-state index contributed by atoms with van der Waals surface area (Å²) in [6, 6.07) is 0. The lowest BCUT2D eigenvalue weighted by atomic mass is 10.3. The normalized spacial score (nSPS) is 21.8. The van der Waals surface area contributed by atoms with Gasteiger partial charge < -0.3 is 4.74 Å². The molecule has 0 bridgehead atoms. The third kappa shape index (κ3) is 4.78. The van der Waals surface area contributed by atoms with E-state index in [9.17, 15) is 13.2 Å². The van der Waals surface area contributed by atoms with Gasteiger partial charge >= 0.3 is 5.97 Å². The molecule has 1 aliphatic rings. The molecule has 1 aliphatic heterocycles. The lowest BCUT2D eigenvalue weighted by Crippen LogP contribution is -2.42. The zero-order valence-corrected chi connectivity index (χ0v) is 12.6. The van der Waals surface area contributed by atoms with Gasteiger partial charge in [-0.1, -0.05) is 6.92 Å². The fraction of sp³-hybridized carbons (Fsp3) is 0.909. The first-order valence-electron chi connectivity index (χ1n) is 6.16. The summed E-state index contributed by atoms with van der Waals surface area (Å²) >= 11 is 1.84. The van der Waals surface area contributed by atoms with Crippen molar-refractivity contribution in [3.05, 3.63) is 0 Å². The highest BCUT2D eigenvalue weighted by atomic mass is 32.2. The van der Waals surface area contributed by atoms with Crippen LogP contribution in [0.1, 0.15) is 26.2 Å². The van der Waals surface area contributed by atoms with Crippen LogP contribution in [0.5, 0.6) is 0 Å². The predicted molar refractivity (Wildman–Crippen MR) is 73.1 cm³/mol. The molecule has 0 aliphatic carbocycles. The summed E-state index contributed by atoms with van der Waals surface area (Å²) in [6.45, 7) is 3.26. The molecule has 1 atom stereocenters. The van der Waals surface area contributed by atoms with Crippen molar-refractivity contribution >= 4 is 27.8 Å². The molecule has 18 heavy (non-hydrogen) atoms. The fourth-order valence-electron chi connectivity index (χ4n) is 1.82. The van der Waals surface area contributed by atoms with Gasteiger partial charge in [0.1, 0.15) is 0 Å². The summed E-state index contributed by atoms with van der Waals surface area (Å²) in [5, 5.41) is 0.397. The van der Waals surface area contributed by atoms with E-state index in [0.717, 1.165) is 12.2 Å².